The summed E-state index contributed by atoms with van der Waals surface area (Å²) in [5.41, 5.74) is 15.9. The van der Waals surface area contributed by atoms with E-state index in [1.54, 1.807) is 19.1 Å². The molecule has 0 spiro atoms. The molecule has 0 saturated heterocycles. The number of primary amides is 2. The SMILES string of the molecule is CCCc1c(C)cc(CCc2cc(OC3CC3)c3ncccc3c2)nc1-c1ccc(S(=O)(=O)CC)cc1.NC=O.NC=O. The predicted molar refractivity (Wildman–Crippen MR) is 169 cm³/mol. The molecule has 1 saturated carbocycles. The Morgan fingerprint density at radius 3 is 2.23 bits per heavy atom. The molecule has 0 aliphatic heterocycles. The maximum absolute atomic E-state index is 12.3. The zero-order valence-electron chi connectivity index (χ0n) is 25.0. The molecule has 43 heavy (non-hydrogen) atoms. The molecule has 4 aromatic rings. The van der Waals surface area contributed by atoms with Crippen molar-refractivity contribution in [3.63, 3.8) is 0 Å². The fourth-order valence-corrected chi connectivity index (χ4v) is 5.66. The molecule has 2 aromatic heterocycles. The van der Waals surface area contributed by atoms with Gasteiger partial charge in [0.15, 0.2) is 9.84 Å². The number of nitrogens with two attached hydrogens (primary N) is 2. The predicted octanol–water partition coefficient (Wildman–Crippen LogP) is 4.88. The van der Waals surface area contributed by atoms with E-state index in [-0.39, 0.29) is 18.6 Å². The summed E-state index contributed by atoms with van der Waals surface area (Å²) in [5.74, 6) is 0.972. The van der Waals surface area contributed by atoms with Gasteiger partial charge >= 0.3 is 0 Å². The molecule has 1 fully saturated rings. The van der Waals surface area contributed by atoms with Crippen molar-refractivity contribution in [1.82, 2.24) is 9.97 Å². The van der Waals surface area contributed by atoms with E-state index in [0.717, 1.165) is 72.1 Å². The van der Waals surface area contributed by atoms with Gasteiger partial charge in [-0.3, -0.25) is 19.6 Å². The monoisotopic (exact) mass is 604 g/mol. The Hall–Kier alpha value is -4.31. The van der Waals surface area contributed by atoms with Crippen LogP contribution in [0.2, 0.25) is 0 Å². The molecule has 2 amide bonds. The minimum atomic E-state index is -3.23. The van der Waals surface area contributed by atoms with Crippen molar-refractivity contribution in [2.45, 2.75) is 70.3 Å². The zero-order chi connectivity index (χ0) is 31.4. The lowest BCUT2D eigenvalue weighted by Crippen LogP contribution is -2.05. The molecule has 228 valence electrons. The first kappa shape index (κ1) is 33.2. The van der Waals surface area contributed by atoms with Crippen LogP contribution < -0.4 is 16.2 Å². The molecule has 0 atom stereocenters. The van der Waals surface area contributed by atoms with E-state index in [4.69, 9.17) is 19.3 Å². The van der Waals surface area contributed by atoms with Gasteiger partial charge in [0, 0.05) is 22.8 Å². The Morgan fingerprint density at radius 2 is 1.63 bits per heavy atom. The average molecular weight is 605 g/mol. The van der Waals surface area contributed by atoms with E-state index >= 15 is 0 Å². The van der Waals surface area contributed by atoms with E-state index in [0.29, 0.717) is 11.0 Å². The molecule has 0 unspecified atom stereocenters. The van der Waals surface area contributed by atoms with E-state index < -0.39 is 9.84 Å². The van der Waals surface area contributed by atoms with Gasteiger partial charge in [0.05, 0.1) is 22.4 Å². The van der Waals surface area contributed by atoms with Gasteiger partial charge in [-0.2, -0.15) is 0 Å². The van der Waals surface area contributed by atoms with Gasteiger partial charge in [-0.15, -0.1) is 0 Å². The Kier molecular flexibility index (Phi) is 12.2. The summed E-state index contributed by atoms with van der Waals surface area (Å²) in [7, 11) is -3.23. The van der Waals surface area contributed by atoms with Crippen LogP contribution in [0.3, 0.4) is 0 Å². The summed E-state index contributed by atoms with van der Waals surface area (Å²) < 4.78 is 30.8. The summed E-state index contributed by atoms with van der Waals surface area (Å²) in [6.07, 6.45) is 8.46. The number of carbonyl (C=O) groups is 2. The molecular formula is C33H40N4O5S. The van der Waals surface area contributed by atoms with Crippen molar-refractivity contribution in [3.8, 4) is 17.0 Å². The van der Waals surface area contributed by atoms with Crippen LogP contribution in [0.15, 0.2) is 65.7 Å². The van der Waals surface area contributed by atoms with Crippen molar-refractivity contribution in [1.29, 1.82) is 0 Å². The number of pyridine rings is 2. The fourth-order valence-electron chi connectivity index (χ4n) is 4.78. The van der Waals surface area contributed by atoms with Crippen LogP contribution in [0.5, 0.6) is 5.75 Å². The van der Waals surface area contributed by atoms with E-state index in [9.17, 15) is 8.42 Å². The van der Waals surface area contributed by atoms with E-state index in [1.807, 2.05) is 24.4 Å². The highest BCUT2D eigenvalue weighted by molar-refractivity contribution is 7.91. The molecule has 2 aromatic carbocycles. The number of ether oxygens (including phenoxy) is 1. The van der Waals surface area contributed by atoms with Crippen molar-refractivity contribution in [2.24, 2.45) is 11.5 Å². The number of benzene rings is 2. The smallest absolute Gasteiger partial charge is 0.204 e. The molecule has 10 heteroatoms. The van der Waals surface area contributed by atoms with Gasteiger partial charge in [0.25, 0.3) is 0 Å². The first-order valence-corrected chi connectivity index (χ1v) is 16.0. The maximum Gasteiger partial charge on any atom is 0.204 e. The Balaban J connectivity index is 0.000000780. The van der Waals surface area contributed by atoms with Crippen LogP contribution in [-0.2, 0) is 38.7 Å². The molecular weight excluding hydrogens is 564 g/mol. The number of amides is 2. The Morgan fingerprint density at radius 1 is 0.953 bits per heavy atom. The molecule has 1 aliphatic rings. The number of aromatic nitrogens is 2. The number of carbonyl (C=O) groups excluding carboxylic acids is 2. The highest BCUT2D eigenvalue weighted by Crippen LogP contribution is 2.33. The summed E-state index contributed by atoms with van der Waals surface area (Å²) >= 11 is 0. The van der Waals surface area contributed by atoms with E-state index in [2.05, 4.69) is 54.6 Å². The van der Waals surface area contributed by atoms with Crippen molar-refractivity contribution >= 4 is 33.6 Å². The molecule has 5 rings (SSSR count). The maximum atomic E-state index is 12.3. The highest BCUT2D eigenvalue weighted by Gasteiger charge is 2.25. The summed E-state index contributed by atoms with van der Waals surface area (Å²) in [4.78, 5) is 27.2. The lowest BCUT2D eigenvalue weighted by molar-refractivity contribution is -0.107. The molecule has 1 aliphatic carbocycles. The average Bonchev–Trinajstić information content (AvgIpc) is 3.82. The number of rotatable bonds is 10. The van der Waals surface area contributed by atoms with E-state index in [1.165, 1.54) is 16.7 Å². The summed E-state index contributed by atoms with van der Waals surface area (Å²) in [5, 5.41) is 1.10. The van der Waals surface area contributed by atoms with Crippen LogP contribution in [-0.4, -0.2) is 43.1 Å². The third-order valence-corrected chi connectivity index (χ3v) is 8.74. The minimum absolute atomic E-state index is 0.0958. The Bertz CT molecular complexity index is 1630. The van der Waals surface area contributed by atoms with Gasteiger partial charge < -0.3 is 16.2 Å². The number of hydrogen-bond acceptors (Lipinski definition) is 7. The third kappa shape index (κ3) is 9.09. The molecule has 0 bridgehead atoms. The normalized spacial score (nSPS) is 12.3. The lowest BCUT2D eigenvalue weighted by Gasteiger charge is -2.15. The third-order valence-electron chi connectivity index (χ3n) is 6.98. The first-order chi connectivity index (χ1) is 20.7. The van der Waals surface area contributed by atoms with Gasteiger partial charge in [-0.1, -0.05) is 38.5 Å². The van der Waals surface area contributed by atoms with Crippen molar-refractivity contribution in [2.75, 3.05) is 5.75 Å². The number of hydrogen-bond donors (Lipinski definition) is 2. The number of fused-ring (bicyclic) bond motifs is 1. The molecule has 9 nitrogen and oxygen atoms in total. The molecule has 4 N–H and O–H groups in total. The number of nitrogens with zero attached hydrogens (tertiary/aromatic N) is 2. The molecule has 0 radical (unpaired) electrons. The zero-order valence-corrected chi connectivity index (χ0v) is 25.8. The van der Waals surface area contributed by atoms with Gasteiger partial charge in [0.2, 0.25) is 12.8 Å². The van der Waals surface area contributed by atoms with Crippen molar-refractivity contribution < 1.29 is 22.7 Å². The quantitative estimate of drug-likeness (QED) is 0.244. The second kappa shape index (κ2) is 15.8. The van der Waals surface area contributed by atoms with Gasteiger partial charge in [0.1, 0.15) is 11.3 Å². The van der Waals surface area contributed by atoms with Gasteiger partial charge in [-0.25, -0.2) is 8.42 Å². The van der Waals surface area contributed by atoms with Crippen LogP contribution in [0, 0.1) is 6.92 Å². The second-order valence-electron chi connectivity index (χ2n) is 10.2. The summed E-state index contributed by atoms with van der Waals surface area (Å²) in [6, 6.07) is 17.8. The highest BCUT2D eigenvalue weighted by atomic mass is 32.2. The van der Waals surface area contributed by atoms with Crippen LogP contribution in [0.4, 0.5) is 0 Å². The largest absolute Gasteiger partial charge is 0.488 e. The van der Waals surface area contributed by atoms with Crippen molar-refractivity contribution in [3.05, 3.63) is 83.2 Å². The minimum Gasteiger partial charge on any atom is -0.488 e. The number of sulfone groups is 1. The van der Waals surface area contributed by atoms with Crippen LogP contribution in [0.1, 0.15) is 55.5 Å². The fraction of sp³-hybridized carbons (Fsp3) is 0.333. The lowest BCUT2D eigenvalue weighted by atomic mass is 9.96. The topological polar surface area (TPSA) is 155 Å². The number of aryl methyl sites for hydroxylation is 3. The van der Waals surface area contributed by atoms with Gasteiger partial charge in [-0.05, 0) is 92.1 Å². The standard InChI is InChI=1S/C31H34N2O3S.2CH3NO/c1-4-7-28-21(3)18-25(33-30(28)23-10-15-27(16-11-23)37(34,35)5-2)12-9-22-19-24-8-6-17-32-31(24)29(20-22)36-26-13-14-26;2*2-1-3/h6,8,10-11,15-20,26H,4-5,7,9,12-14H2,1-3H3;2*1H,(H2,2,3). The molecule has 2 heterocycles. The van der Waals surface area contributed by atoms with Crippen LogP contribution >= 0.6 is 0 Å². The summed E-state index contributed by atoms with van der Waals surface area (Å²) in [6.45, 7) is 5.99. The Labute approximate surface area is 253 Å². The second-order valence-corrected chi connectivity index (χ2v) is 12.5. The first-order valence-electron chi connectivity index (χ1n) is 14.4. The van der Waals surface area contributed by atoms with Crippen LogP contribution in [0.25, 0.3) is 22.2 Å².